The van der Waals surface area contributed by atoms with Crippen LogP contribution < -0.4 is 4.74 Å². The molecule has 19 heavy (non-hydrogen) atoms. The Balaban J connectivity index is 2.50. The number of hydrogen-bond donors (Lipinski definition) is 0. The molecule has 5 nitrogen and oxygen atoms in total. The van der Waals surface area contributed by atoms with E-state index in [0.717, 1.165) is 6.29 Å². The second-order valence-corrected chi connectivity index (χ2v) is 3.87. The summed E-state index contributed by atoms with van der Waals surface area (Å²) in [5.41, 5.74) is 2.77. The van der Waals surface area contributed by atoms with E-state index < -0.39 is 0 Å². The zero-order valence-electron chi connectivity index (χ0n) is 10.5. The van der Waals surface area contributed by atoms with Crippen LogP contribution in [-0.4, -0.2) is 23.4 Å². The Hall–Kier alpha value is -2.74. The van der Waals surface area contributed by atoms with E-state index in [1.807, 2.05) is 6.07 Å². The third-order valence-electron chi connectivity index (χ3n) is 2.72. The van der Waals surface area contributed by atoms with Gasteiger partial charge < -0.3 is 4.74 Å². The lowest BCUT2D eigenvalue weighted by Gasteiger charge is -2.06. The number of aryl methyl sites for hydroxylation is 1. The highest BCUT2D eigenvalue weighted by atomic mass is 16.5. The molecule has 0 bridgehead atoms. The van der Waals surface area contributed by atoms with Crippen molar-refractivity contribution in [2.24, 2.45) is 0 Å². The molecule has 0 unspecified atom stereocenters. The average Bonchev–Trinajstić information content (AvgIpc) is 2.46. The summed E-state index contributed by atoms with van der Waals surface area (Å²) in [6.07, 6.45) is 2.21. The zero-order chi connectivity index (χ0) is 13.8. The van der Waals surface area contributed by atoms with Crippen molar-refractivity contribution in [3.05, 3.63) is 41.2 Å². The number of carbonyl (C=O) groups excluding carboxylic acids is 1. The van der Waals surface area contributed by atoms with Gasteiger partial charge in [-0.2, -0.15) is 5.26 Å². The monoisotopic (exact) mass is 253 g/mol. The molecule has 0 amide bonds. The SMILES string of the molecule is COc1cc(-c2ccc(C=O)c(C)n2)ncc1C#N. The smallest absolute Gasteiger partial charge is 0.151 e. The van der Waals surface area contributed by atoms with Gasteiger partial charge in [0.05, 0.1) is 18.5 Å². The molecule has 0 aromatic carbocycles. The fourth-order valence-electron chi connectivity index (χ4n) is 1.67. The number of hydrogen-bond acceptors (Lipinski definition) is 5. The lowest BCUT2D eigenvalue weighted by Crippen LogP contribution is -1.96. The van der Waals surface area contributed by atoms with Crippen LogP contribution in [0.5, 0.6) is 5.75 Å². The predicted octanol–water partition coefficient (Wildman–Crippen LogP) is 2.14. The van der Waals surface area contributed by atoms with Crippen LogP contribution in [0, 0.1) is 18.3 Å². The molecule has 5 heteroatoms. The summed E-state index contributed by atoms with van der Waals surface area (Å²) < 4.78 is 5.13. The lowest BCUT2D eigenvalue weighted by molar-refractivity contribution is 0.112. The van der Waals surface area contributed by atoms with Crippen LogP contribution in [0.25, 0.3) is 11.4 Å². The fourth-order valence-corrected chi connectivity index (χ4v) is 1.67. The van der Waals surface area contributed by atoms with E-state index >= 15 is 0 Å². The topological polar surface area (TPSA) is 75.9 Å². The van der Waals surface area contributed by atoms with E-state index in [9.17, 15) is 4.79 Å². The molecular weight excluding hydrogens is 242 g/mol. The first-order valence-electron chi connectivity index (χ1n) is 5.57. The minimum absolute atomic E-state index is 0.368. The van der Waals surface area contributed by atoms with E-state index in [4.69, 9.17) is 10.00 Å². The first-order chi connectivity index (χ1) is 9.19. The van der Waals surface area contributed by atoms with Crippen LogP contribution in [0.15, 0.2) is 24.4 Å². The molecule has 2 aromatic heterocycles. The number of nitriles is 1. The van der Waals surface area contributed by atoms with Crippen molar-refractivity contribution in [2.75, 3.05) is 7.11 Å². The summed E-state index contributed by atoms with van der Waals surface area (Å²) in [5.74, 6) is 0.450. The summed E-state index contributed by atoms with van der Waals surface area (Å²) in [5, 5.41) is 8.90. The summed E-state index contributed by atoms with van der Waals surface area (Å²) in [4.78, 5) is 19.2. The fraction of sp³-hybridized carbons (Fsp3) is 0.143. The van der Waals surface area contributed by atoms with Gasteiger partial charge in [0.1, 0.15) is 17.4 Å². The molecule has 0 aliphatic rings. The van der Waals surface area contributed by atoms with E-state index in [1.165, 1.54) is 13.3 Å². The quantitative estimate of drug-likeness (QED) is 0.783. The molecule has 0 aliphatic heterocycles. The van der Waals surface area contributed by atoms with Crippen molar-refractivity contribution in [1.82, 2.24) is 9.97 Å². The van der Waals surface area contributed by atoms with Gasteiger partial charge in [-0.25, -0.2) is 0 Å². The lowest BCUT2D eigenvalue weighted by atomic mass is 10.1. The standard InChI is InChI=1S/C14H11N3O2/c1-9-10(8-18)3-4-12(17-9)13-5-14(19-2)11(6-15)7-16-13/h3-5,7-8H,1-2H3. The Bertz CT molecular complexity index is 675. The highest BCUT2D eigenvalue weighted by Gasteiger charge is 2.09. The minimum Gasteiger partial charge on any atom is -0.495 e. The number of methoxy groups -OCH3 is 1. The molecular formula is C14H11N3O2. The second kappa shape index (κ2) is 5.27. The Kier molecular flexibility index (Phi) is 3.53. The molecule has 0 atom stereocenters. The van der Waals surface area contributed by atoms with Gasteiger partial charge in [0.15, 0.2) is 6.29 Å². The summed E-state index contributed by atoms with van der Waals surface area (Å²) in [6, 6.07) is 7.06. The number of ether oxygens (including phenoxy) is 1. The third-order valence-corrected chi connectivity index (χ3v) is 2.72. The van der Waals surface area contributed by atoms with E-state index in [2.05, 4.69) is 9.97 Å². The van der Waals surface area contributed by atoms with Crippen LogP contribution in [-0.2, 0) is 0 Å². The predicted molar refractivity (Wildman–Crippen MR) is 68.9 cm³/mol. The van der Waals surface area contributed by atoms with Crippen LogP contribution in [0.1, 0.15) is 21.6 Å². The molecule has 94 valence electrons. The molecule has 0 radical (unpaired) electrons. The van der Waals surface area contributed by atoms with Crippen molar-refractivity contribution >= 4 is 6.29 Å². The van der Waals surface area contributed by atoms with Crippen LogP contribution in [0.2, 0.25) is 0 Å². The van der Waals surface area contributed by atoms with Gasteiger partial charge in [-0.1, -0.05) is 0 Å². The maximum Gasteiger partial charge on any atom is 0.151 e. The highest BCUT2D eigenvalue weighted by molar-refractivity contribution is 5.77. The largest absolute Gasteiger partial charge is 0.495 e. The molecule has 0 spiro atoms. The average molecular weight is 253 g/mol. The molecule has 0 N–H and O–H groups in total. The maximum absolute atomic E-state index is 10.7. The Morgan fingerprint density at radius 1 is 1.37 bits per heavy atom. The van der Waals surface area contributed by atoms with Crippen molar-refractivity contribution in [1.29, 1.82) is 5.26 Å². The van der Waals surface area contributed by atoms with Crippen LogP contribution in [0.3, 0.4) is 0 Å². The van der Waals surface area contributed by atoms with E-state index in [-0.39, 0.29) is 0 Å². The van der Waals surface area contributed by atoms with E-state index in [0.29, 0.717) is 34.0 Å². The second-order valence-electron chi connectivity index (χ2n) is 3.87. The van der Waals surface area contributed by atoms with Gasteiger partial charge in [-0.3, -0.25) is 14.8 Å². The Labute approximate surface area is 110 Å². The number of pyridine rings is 2. The molecule has 0 saturated heterocycles. The van der Waals surface area contributed by atoms with Crippen molar-refractivity contribution < 1.29 is 9.53 Å². The van der Waals surface area contributed by atoms with Gasteiger partial charge >= 0.3 is 0 Å². The summed E-state index contributed by atoms with van der Waals surface area (Å²) in [7, 11) is 1.49. The summed E-state index contributed by atoms with van der Waals surface area (Å²) >= 11 is 0. The van der Waals surface area contributed by atoms with Gasteiger partial charge in [-0.15, -0.1) is 0 Å². The Morgan fingerprint density at radius 2 is 2.16 bits per heavy atom. The first-order valence-corrected chi connectivity index (χ1v) is 5.57. The van der Waals surface area contributed by atoms with Crippen LogP contribution >= 0.6 is 0 Å². The minimum atomic E-state index is 0.368. The maximum atomic E-state index is 10.7. The molecule has 0 aliphatic carbocycles. The molecule has 2 heterocycles. The van der Waals surface area contributed by atoms with Crippen LogP contribution in [0.4, 0.5) is 0 Å². The number of aldehydes is 1. The van der Waals surface area contributed by atoms with Crippen molar-refractivity contribution in [3.63, 3.8) is 0 Å². The first kappa shape index (κ1) is 12.7. The normalized spacial score (nSPS) is 9.74. The third kappa shape index (κ3) is 2.43. The van der Waals surface area contributed by atoms with Crippen molar-refractivity contribution in [2.45, 2.75) is 6.92 Å². The molecule has 2 rings (SSSR count). The van der Waals surface area contributed by atoms with Gasteiger partial charge in [0, 0.05) is 23.5 Å². The molecule has 2 aromatic rings. The summed E-state index contributed by atoms with van der Waals surface area (Å²) in [6.45, 7) is 1.76. The number of rotatable bonds is 3. The number of carbonyl (C=O) groups is 1. The van der Waals surface area contributed by atoms with Crippen molar-refractivity contribution in [3.8, 4) is 23.2 Å². The van der Waals surface area contributed by atoms with Gasteiger partial charge in [-0.05, 0) is 19.1 Å². The zero-order valence-corrected chi connectivity index (χ0v) is 10.5. The highest BCUT2D eigenvalue weighted by Crippen LogP contribution is 2.23. The Morgan fingerprint density at radius 3 is 2.74 bits per heavy atom. The number of aromatic nitrogens is 2. The van der Waals surface area contributed by atoms with Gasteiger partial charge in [0.25, 0.3) is 0 Å². The molecule has 0 saturated carbocycles. The molecule has 0 fully saturated rings. The number of nitrogens with zero attached hydrogens (tertiary/aromatic N) is 3. The van der Waals surface area contributed by atoms with E-state index in [1.54, 1.807) is 25.1 Å². The van der Waals surface area contributed by atoms with Gasteiger partial charge in [0.2, 0.25) is 0 Å².